The van der Waals surface area contributed by atoms with E-state index in [0.717, 1.165) is 41.8 Å². The topological polar surface area (TPSA) is 119 Å². The average Bonchev–Trinajstić information content (AvgIpc) is 3.40. The van der Waals surface area contributed by atoms with Gasteiger partial charge < -0.3 is 21.3 Å². The Balaban J connectivity index is 1.36. The van der Waals surface area contributed by atoms with E-state index in [-0.39, 0.29) is 18.1 Å². The number of nitrogens with two attached hydrogens (primary N) is 1. The fraction of sp³-hybridized carbons (Fsp3) is 0.304. The van der Waals surface area contributed by atoms with Crippen molar-refractivity contribution in [1.29, 1.82) is 0 Å². The SMILES string of the molecule is CN1CCc2cc(Nc3cc4cc(-c5cnn6c5CNCC6)c(F)c(N)c4cn3)nn2CC1=O. The van der Waals surface area contributed by atoms with Gasteiger partial charge in [0.05, 0.1) is 24.1 Å². The number of halogens is 1. The first-order valence-corrected chi connectivity index (χ1v) is 11.2. The van der Waals surface area contributed by atoms with E-state index in [1.54, 1.807) is 35.1 Å². The van der Waals surface area contributed by atoms with Crippen molar-refractivity contribution in [3.05, 3.63) is 47.8 Å². The van der Waals surface area contributed by atoms with Crippen LogP contribution in [0.25, 0.3) is 21.9 Å². The van der Waals surface area contributed by atoms with Gasteiger partial charge >= 0.3 is 0 Å². The maximum absolute atomic E-state index is 15.3. The third-order valence-corrected chi connectivity index (χ3v) is 6.56. The molecule has 0 spiro atoms. The van der Waals surface area contributed by atoms with Crippen LogP contribution in [0.5, 0.6) is 0 Å². The lowest BCUT2D eigenvalue weighted by Crippen LogP contribution is -2.29. The molecule has 3 aromatic heterocycles. The van der Waals surface area contributed by atoms with Crippen molar-refractivity contribution < 1.29 is 9.18 Å². The van der Waals surface area contributed by atoms with Crippen LogP contribution in [-0.2, 0) is 30.8 Å². The Kier molecular flexibility index (Phi) is 4.73. The molecule has 0 unspecified atom stereocenters. The summed E-state index contributed by atoms with van der Waals surface area (Å²) in [6.45, 7) is 3.07. The van der Waals surface area contributed by atoms with E-state index in [1.807, 2.05) is 16.8 Å². The number of carbonyl (C=O) groups is 1. The zero-order chi connectivity index (χ0) is 23.4. The van der Waals surface area contributed by atoms with Crippen molar-refractivity contribution >= 4 is 34.0 Å². The summed E-state index contributed by atoms with van der Waals surface area (Å²) in [5, 5.41) is 16.8. The highest BCUT2D eigenvalue weighted by Gasteiger charge is 2.22. The number of hydrogen-bond acceptors (Lipinski definition) is 7. The number of anilines is 3. The van der Waals surface area contributed by atoms with E-state index in [0.29, 0.717) is 35.7 Å². The number of nitrogens with zero attached hydrogens (tertiary/aromatic N) is 6. The monoisotopic (exact) mass is 461 g/mol. The van der Waals surface area contributed by atoms with Crippen LogP contribution in [0, 0.1) is 5.82 Å². The molecule has 174 valence electrons. The minimum atomic E-state index is -0.469. The quantitative estimate of drug-likeness (QED) is 0.399. The first kappa shape index (κ1) is 20.6. The normalized spacial score (nSPS) is 15.8. The summed E-state index contributed by atoms with van der Waals surface area (Å²) in [4.78, 5) is 18.3. The van der Waals surface area contributed by atoms with Crippen molar-refractivity contribution in [3.63, 3.8) is 0 Å². The maximum Gasteiger partial charge on any atom is 0.244 e. The van der Waals surface area contributed by atoms with Crippen molar-refractivity contribution in [1.82, 2.24) is 34.8 Å². The van der Waals surface area contributed by atoms with E-state index < -0.39 is 5.82 Å². The summed E-state index contributed by atoms with van der Waals surface area (Å²) >= 11 is 0. The number of nitrogen functional groups attached to an aromatic ring is 1. The number of benzene rings is 1. The number of aromatic nitrogens is 5. The molecule has 4 aromatic rings. The zero-order valence-electron chi connectivity index (χ0n) is 18.7. The highest BCUT2D eigenvalue weighted by molar-refractivity contribution is 5.98. The van der Waals surface area contributed by atoms with Crippen LogP contribution in [-0.4, -0.2) is 55.5 Å². The van der Waals surface area contributed by atoms with Gasteiger partial charge in [-0.25, -0.2) is 9.37 Å². The van der Waals surface area contributed by atoms with Gasteiger partial charge in [0.1, 0.15) is 12.4 Å². The Morgan fingerprint density at radius 3 is 2.88 bits per heavy atom. The van der Waals surface area contributed by atoms with Gasteiger partial charge in [-0.05, 0) is 17.5 Å². The number of rotatable bonds is 3. The number of likely N-dealkylation sites (N-methyl/N-ethyl adjacent to an activating group) is 1. The fourth-order valence-corrected chi connectivity index (χ4v) is 4.61. The molecule has 10 nitrogen and oxygen atoms in total. The first-order valence-electron chi connectivity index (χ1n) is 11.2. The third kappa shape index (κ3) is 3.36. The van der Waals surface area contributed by atoms with Gasteiger partial charge in [0, 0.05) is 67.6 Å². The number of nitrogens with one attached hydrogen (secondary N) is 2. The lowest BCUT2D eigenvalue weighted by atomic mass is 9.99. The molecule has 0 saturated heterocycles. The number of pyridine rings is 1. The van der Waals surface area contributed by atoms with Crippen LogP contribution in [0.1, 0.15) is 11.4 Å². The average molecular weight is 462 g/mol. The molecule has 6 rings (SSSR count). The Bertz CT molecular complexity index is 1440. The Labute approximate surface area is 194 Å². The number of fused-ring (bicyclic) bond motifs is 3. The smallest absolute Gasteiger partial charge is 0.244 e. The van der Waals surface area contributed by atoms with Gasteiger partial charge in [0.25, 0.3) is 0 Å². The Morgan fingerprint density at radius 1 is 1.12 bits per heavy atom. The van der Waals surface area contributed by atoms with Crippen LogP contribution in [0.3, 0.4) is 0 Å². The largest absolute Gasteiger partial charge is 0.396 e. The Morgan fingerprint density at radius 2 is 2.00 bits per heavy atom. The van der Waals surface area contributed by atoms with Gasteiger partial charge in [-0.1, -0.05) is 0 Å². The van der Waals surface area contributed by atoms with Gasteiger partial charge in [-0.15, -0.1) is 0 Å². The summed E-state index contributed by atoms with van der Waals surface area (Å²) in [7, 11) is 1.80. The lowest BCUT2D eigenvalue weighted by Gasteiger charge is -2.17. The van der Waals surface area contributed by atoms with Crippen LogP contribution >= 0.6 is 0 Å². The number of carbonyl (C=O) groups excluding carboxylic acids is 1. The number of amides is 1. The molecule has 0 fully saturated rings. The fourth-order valence-electron chi connectivity index (χ4n) is 4.61. The summed E-state index contributed by atoms with van der Waals surface area (Å²) in [5.41, 5.74) is 9.32. The van der Waals surface area contributed by atoms with Crippen LogP contribution in [0.4, 0.5) is 21.7 Å². The summed E-state index contributed by atoms with van der Waals surface area (Å²) in [6, 6.07) is 5.54. The molecule has 0 atom stereocenters. The summed E-state index contributed by atoms with van der Waals surface area (Å²) in [5.74, 6) is 0.717. The molecule has 1 amide bonds. The van der Waals surface area contributed by atoms with E-state index in [4.69, 9.17) is 5.73 Å². The molecule has 0 aliphatic carbocycles. The second-order valence-corrected chi connectivity index (χ2v) is 8.72. The van der Waals surface area contributed by atoms with Crippen LogP contribution < -0.4 is 16.4 Å². The molecule has 34 heavy (non-hydrogen) atoms. The molecule has 2 aliphatic heterocycles. The summed E-state index contributed by atoms with van der Waals surface area (Å²) < 4.78 is 18.9. The molecule has 2 aliphatic rings. The van der Waals surface area contributed by atoms with Crippen LogP contribution in [0.2, 0.25) is 0 Å². The van der Waals surface area contributed by atoms with Gasteiger partial charge in [0.2, 0.25) is 5.91 Å². The molecule has 4 N–H and O–H groups in total. The molecule has 11 heteroatoms. The minimum absolute atomic E-state index is 0.0276. The van der Waals surface area contributed by atoms with E-state index in [9.17, 15) is 4.79 Å². The molecule has 0 saturated carbocycles. The molecule has 0 radical (unpaired) electrons. The van der Waals surface area contributed by atoms with E-state index in [1.165, 1.54) is 0 Å². The summed E-state index contributed by atoms with van der Waals surface area (Å²) in [6.07, 6.45) is 3.99. The predicted molar refractivity (Wildman–Crippen MR) is 126 cm³/mol. The predicted octanol–water partition coefficient (Wildman–Crippen LogP) is 1.88. The second kappa shape index (κ2) is 7.80. The standard InChI is InChI=1S/C23H24FN9O/c1-31-4-2-14-8-20(30-33(14)12-21(31)34)29-19-7-13-6-15(22(24)23(25)16(13)9-27-19)17-10-28-32-5-3-26-11-18(17)32/h6-10,26H,2-5,11-12,25H2,1H3,(H,27,29,30). The second-order valence-electron chi connectivity index (χ2n) is 8.72. The van der Waals surface area contributed by atoms with Crippen molar-refractivity contribution in [3.8, 4) is 11.1 Å². The highest BCUT2D eigenvalue weighted by Crippen LogP contribution is 2.36. The lowest BCUT2D eigenvalue weighted by molar-refractivity contribution is -0.130. The molecular formula is C23H24FN9O. The minimum Gasteiger partial charge on any atom is -0.396 e. The van der Waals surface area contributed by atoms with Crippen molar-refractivity contribution in [2.45, 2.75) is 26.1 Å². The van der Waals surface area contributed by atoms with Gasteiger partial charge in [-0.2, -0.15) is 10.2 Å². The molecule has 5 heterocycles. The van der Waals surface area contributed by atoms with Crippen molar-refractivity contribution in [2.24, 2.45) is 0 Å². The zero-order valence-corrected chi connectivity index (χ0v) is 18.7. The van der Waals surface area contributed by atoms with Gasteiger partial charge in [-0.3, -0.25) is 14.2 Å². The van der Waals surface area contributed by atoms with E-state index in [2.05, 4.69) is 25.8 Å². The molecule has 1 aromatic carbocycles. The van der Waals surface area contributed by atoms with Gasteiger partial charge in [0.15, 0.2) is 11.6 Å². The highest BCUT2D eigenvalue weighted by atomic mass is 19.1. The maximum atomic E-state index is 15.3. The van der Waals surface area contributed by atoms with E-state index >= 15 is 4.39 Å². The molecular weight excluding hydrogens is 437 g/mol. The third-order valence-electron chi connectivity index (χ3n) is 6.56. The first-order chi connectivity index (χ1) is 16.5. The van der Waals surface area contributed by atoms with Crippen LogP contribution in [0.15, 0.2) is 30.6 Å². The van der Waals surface area contributed by atoms with Crippen molar-refractivity contribution in [2.75, 3.05) is 31.2 Å². The Hall–Kier alpha value is -3.99. The molecule has 0 bridgehead atoms. The number of hydrogen-bond donors (Lipinski definition) is 3.